The first-order valence-corrected chi connectivity index (χ1v) is 12.5. The fourth-order valence-corrected chi connectivity index (χ4v) is 4.32. The van der Waals surface area contributed by atoms with Gasteiger partial charge in [-0.15, -0.1) is 0 Å². The van der Waals surface area contributed by atoms with Gasteiger partial charge in [0.1, 0.15) is 22.8 Å². The van der Waals surface area contributed by atoms with Crippen molar-refractivity contribution in [1.29, 1.82) is 0 Å². The molecule has 3 nitrogen and oxygen atoms in total. The van der Waals surface area contributed by atoms with Crippen LogP contribution in [-0.2, 0) is 17.6 Å². The zero-order chi connectivity index (χ0) is 26.5. The predicted molar refractivity (Wildman–Crippen MR) is 137 cm³/mol. The first-order valence-electron chi connectivity index (χ1n) is 12.5. The smallest absolute Gasteiger partial charge is 0.346 e. The van der Waals surface area contributed by atoms with Crippen molar-refractivity contribution in [3.63, 3.8) is 0 Å². The lowest BCUT2D eigenvalue weighted by molar-refractivity contribution is 0.130. The summed E-state index contributed by atoms with van der Waals surface area (Å²) in [5.74, 6) is -3.43. The number of hydrogen-bond acceptors (Lipinski definition) is 3. The Bertz CT molecular complexity index is 1480. The minimum Gasteiger partial charge on any atom is -0.427 e. The first kappa shape index (κ1) is 26.6. The van der Waals surface area contributed by atoms with E-state index in [2.05, 4.69) is 6.92 Å². The highest BCUT2D eigenvalue weighted by Gasteiger charge is 2.19. The molecule has 0 unspecified atom stereocenters. The van der Waals surface area contributed by atoms with Gasteiger partial charge in [0.15, 0.2) is 11.6 Å². The van der Waals surface area contributed by atoms with Gasteiger partial charge in [0.05, 0.1) is 6.61 Å². The molecule has 1 aromatic heterocycles. The van der Waals surface area contributed by atoms with Crippen molar-refractivity contribution in [2.75, 3.05) is 13.2 Å². The molecule has 0 N–H and O–H groups in total. The van der Waals surface area contributed by atoms with Crippen LogP contribution in [0.2, 0.25) is 0 Å². The third-order valence-corrected chi connectivity index (χ3v) is 6.31. The van der Waals surface area contributed by atoms with Crippen molar-refractivity contribution in [2.45, 2.75) is 46.0 Å². The minimum atomic E-state index is -1.13. The second-order valence-electron chi connectivity index (χ2n) is 8.95. The number of unbranched alkanes of at least 4 members (excludes halogenated alkanes) is 1. The molecule has 0 saturated carbocycles. The average molecular weight is 513 g/mol. The lowest BCUT2D eigenvalue weighted by Crippen LogP contribution is -2.07. The van der Waals surface area contributed by atoms with Crippen LogP contribution in [0.3, 0.4) is 0 Å². The second kappa shape index (κ2) is 11.7. The van der Waals surface area contributed by atoms with Gasteiger partial charge in [0.25, 0.3) is 0 Å². The van der Waals surface area contributed by atoms with E-state index < -0.39 is 28.9 Å². The van der Waals surface area contributed by atoms with Gasteiger partial charge in [0.2, 0.25) is 0 Å². The maximum absolute atomic E-state index is 15.4. The molecule has 0 saturated heterocycles. The molecule has 0 bridgehead atoms. The zero-order valence-electron chi connectivity index (χ0n) is 20.8. The number of rotatable bonds is 10. The van der Waals surface area contributed by atoms with Crippen molar-refractivity contribution >= 4 is 10.8 Å². The largest absolute Gasteiger partial charge is 0.427 e. The molecule has 37 heavy (non-hydrogen) atoms. The van der Waals surface area contributed by atoms with Crippen LogP contribution in [0, 0.1) is 23.3 Å². The Kier molecular flexibility index (Phi) is 8.44. The molecule has 1 heterocycles. The first-order chi connectivity index (χ1) is 17.8. The van der Waals surface area contributed by atoms with Gasteiger partial charge in [-0.1, -0.05) is 63.1 Å². The van der Waals surface area contributed by atoms with Gasteiger partial charge in [-0.05, 0) is 41.5 Å². The monoisotopic (exact) mass is 512 g/mol. The van der Waals surface area contributed by atoms with E-state index in [0.717, 1.165) is 18.9 Å². The average Bonchev–Trinajstić information content (AvgIpc) is 2.87. The summed E-state index contributed by atoms with van der Waals surface area (Å²) >= 11 is 0. The fraction of sp³-hybridized carbons (Fsp3) is 0.300. The molecule has 0 radical (unpaired) electrons. The molecule has 7 heteroatoms. The summed E-state index contributed by atoms with van der Waals surface area (Å²) in [6.45, 7) is 4.91. The fourth-order valence-electron chi connectivity index (χ4n) is 4.32. The molecule has 0 aliphatic carbocycles. The molecule has 194 valence electrons. The Hall–Kier alpha value is -3.45. The van der Waals surface area contributed by atoms with E-state index in [4.69, 9.17) is 9.15 Å². The highest BCUT2D eigenvalue weighted by molar-refractivity contribution is 5.87. The molecule has 4 aromatic rings. The molecular weight excluding hydrogens is 484 g/mol. The van der Waals surface area contributed by atoms with E-state index in [0.29, 0.717) is 43.6 Å². The molecule has 0 spiro atoms. The van der Waals surface area contributed by atoms with E-state index in [1.165, 1.54) is 30.3 Å². The maximum atomic E-state index is 15.4. The molecule has 0 aliphatic heterocycles. The van der Waals surface area contributed by atoms with Crippen molar-refractivity contribution in [3.05, 3.63) is 93.5 Å². The van der Waals surface area contributed by atoms with E-state index in [1.807, 2.05) is 6.92 Å². The normalized spacial score (nSPS) is 11.4. The third-order valence-electron chi connectivity index (χ3n) is 6.31. The van der Waals surface area contributed by atoms with Crippen LogP contribution in [0.15, 0.2) is 57.7 Å². The highest BCUT2D eigenvalue weighted by atomic mass is 19.2. The summed E-state index contributed by atoms with van der Waals surface area (Å²) in [4.78, 5) is 12.6. The van der Waals surface area contributed by atoms with E-state index >= 15 is 8.78 Å². The summed E-state index contributed by atoms with van der Waals surface area (Å²) in [6, 6.07) is 11.1. The third kappa shape index (κ3) is 5.62. The number of ether oxygens (including phenoxy) is 1. The molecule has 4 rings (SSSR count). The SMILES string of the molecule is CCCCOCCc1cc2ccc(-c3ccc(-c4ccc(CCC)c(F)c4F)c(F)c3)c(F)c2c(=O)o1. The number of hydrogen-bond donors (Lipinski definition) is 0. The van der Waals surface area contributed by atoms with Crippen molar-refractivity contribution in [2.24, 2.45) is 0 Å². The van der Waals surface area contributed by atoms with Crippen molar-refractivity contribution in [3.8, 4) is 22.3 Å². The summed E-state index contributed by atoms with van der Waals surface area (Å²) in [5, 5.41) is 0.125. The molecule has 0 fully saturated rings. The molecule has 3 aromatic carbocycles. The Morgan fingerprint density at radius 2 is 1.51 bits per heavy atom. The van der Waals surface area contributed by atoms with Crippen LogP contribution < -0.4 is 5.63 Å². The summed E-state index contributed by atoms with van der Waals surface area (Å²) in [6.07, 6.45) is 3.34. The predicted octanol–water partition coefficient (Wildman–Crippen LogP) is 8.00. The summed E-state index contributed by atoms with van der Waals surface area (Å²) in [5.41, 5.74) is -0.822. The lowest BCUT2D eigenvalue weighted by Gasteiger charge is -2.12. The van der Waals surface area contributed by atoms with E-state index in [-0.39, 0.29) is 33.2 Å². The summed E-state index contributed by atoms with van der Waals surface area (Å²) < 4.78 is 70.3. The summed E-state index contributed by atoms with van der Waals surface area (Å²) in [7, 11) is 0. The zero-order valence-corrected chi connectivity index (χ0v) is 20.8. The van der Waals surface area contributed by atoms with Crippen LogP contribution in [-0.4, -0.2) is 13.2 Å². The lowest BCUT2D eigenvalue weighted by atomic mass is 9.96. The minimum absolute atomic E-state index is 0.00848. The number of aryl methyl sites for hydroxylation is 1. The second-order valence-corrected chi connectivity index (χ2v) is 8.95. The topological polar surface area (TPSA) is 39.4 Å². The van der Waals surface area contributed by atoms with Gasteiger partial charge < -0.3 is 9.15 Å². The Balaban J connectivity index is 1.65. The van der Waals surface area contributed by atoms with E-state index in [1.54, 1.807) is 12.1 Å². The molecule has 0 amide bonds. The molecule has 0 atom stereocenters. The maximum Gasteiger partial charge on any atom is 0.346 e. The Morgan fingerprint density at radius 3 is 2.24 bits per heavy atom. The molecular formula is C30H28F4O3. The standard InChI is InChI=1S/C30H28F4O3/c1-3-5-14-36-15-13-21-16-20-9-10-22(28(33)26(20)30(35)37-21)19-8-11-23(25(31)17-19)24-12-7-18(6-4-2)27(32)29(24)34/h7-12,16-17H,3-6,13-15H2,1-2H3. The van der Waals surface area contributed by atoms with Crippen LogP contribution in [0.25, 0.3) is 33.0 Å². The molecule has 0 aliphatic rings. The van der Waals surface area contributed by atoms with Crippen LogP contribution in [0.1, 0.15) is 44.4 Å². The number of fused-ring (bicyclic) bond motifs is 1. The van der Waals surface area contributed by atoms with Crippen molar-refractivity contribution in [1.82, 2.24) is 0 Å². The van der Waals surface area contributed by atoms with Gasteiger partial charge in [-0.25, -0.2) is 22.4 Å². The quantitative estimate of drug-likeness (QED) is 0.160. The van der Waals surface area contributed by atoms with Crippen molar-refractivity contribution < 1.29 is 26.7 Å². The van der Waals surface area contributed by atoms with Gasteiger partial charge >= 0.3 is 5.63 Å². The van der Waals surface area contributed by atoms with Gasteiger partial charge in [0, 0.05) is 29.7 Å². The van der Waals surface area contributed by atoms with Gasteiger partial charge in [-0.3, -0.25) is 0 Å². The van der Waals surface area contributed by atoms with Crippen LogP contribution in [0.4, 0.5) is 17.6 Å². The highest BCUT2D eigenvalue weighted by Crippen LogP contribution is 2.34. The van der Waals surface area contributed by atoms with Crippen LogP contribution >= 0.6 is 0 Å². The van der Waals surface area contributed by atoms with Crippen LogP contribution in [0.5, 0.6) is 0 Å². The Morgan fingerprint density at radius 1 is 0.757 bits per heavy atom. The number of halogens is 4. The van der Waals surface area contributed by atoms with E-state index in [9.17, 15) is 13.6 Å². The number of benzene rings is 3. The van der Waals surface area contributed by atoms with Gasteiger partial charge in [-0.2, -0.15) is 0 Å². The Labute approximate surface area is 212 Å².